The Hall–Kier alpha value is 0.310. The molecule has 66 valence electrons. The zero-order valence-electron chi connectivity index (χ0n) is 7.68. The van der Waals surface area contributed by atoms with Gasteiger partial charge in [-0.1, -0.05) is 6.92 Å². The van der Waals surface area contributed by atoms with Gasteiger partial charge in [0.25, 0.3) is 0 Å². The lowest BCUT2D eigenvalue weighted by Crippen LogP contribution is -2.35. The predicted molar refractivity (Wildman–Crippen MR) is 53.3 cm³/mol. The Balaban J connectivity index is 2.14. The van der Waals surface area contributed by atoms with Gasteiger partial charge in [-0.2, -0.15) is 11.8 Å². The van der Waals surface area contributed by atoms with Crippen LogP contribution >= 0.6 is 11.8 Å². The highest BCUT2D eigenvalue weighted by molar-refractivity contribution is 7.99. The van der Waals surface area contributed by atoms with Crippen LogP contribution in [0.3, 0.4) is 0 Å². The Morgan fingerprint density at radius 2 is 2.00 bits per heavy atom. The quantitative estimate of drug-likeness (QED) is 0.644. The molecule has 2 heteroatoms. The van der Waals surface area contributed by atoms with E-state index in [1.807, 2.05) is 11.8 Å². The number of hydrogen-bond acceptors (Lipinski definition) is 2. The summed E-state index contributed by atoms with van der Waals surface area (Å²) in [7, 11) is 0. The highest BCUT2D eigenvalue weighted by Gasteiger charge is 2.16. The van der Waals surface area contributed by atoms with Gasteiger partial charge in [-0.15, -0.1) is 0 Å². The van der Waals surface area contributed by atoms with E-state index in [-0.39, 0.29) is 0 Å². The molecule has 1 heterocycles. The van der Waals surface area contributed by atoms with Gasteiger partial charge < -0.3 is 4.90 Å². The van der Waals surface area contributed by atoms with E-state index in [2.05, 4.69) is 18.1 Å². The molecule has 0 N–H and O–H groups in total. The van der Waals surface area contributed by atoms with Crippen molar-refractivity contribution >= 4 is 11.8 Å². The van der Waals surface area contributed by atoms with Crippen LogP contribution in [0.5, 0.6) is 0 Å². The average Bonchev–Trinajstić information content (AvgIpc) is 2.07. The summed E-state index contributed by atoms with van der Waals surface area (Å²) in [6, 6.07) is 0. The maximum absolute atomic E-state index is 2.59. The van der Waals surface area contributed by atoms with E-state index in [1.165, 1.54) is 38.9 Å². The predicted octanol–water partition coefficient (Wildman–Crippen LogP) is 2.22. The van der Waals surface area contributed by atoms with Gasteiger partial charge in [-0.3, -0.25) is 0 Å². The topological polar surface area (TPSA) is 3.24 Å². The highest BCUT2D eigenvalue weighted by Crippen LogP contribution is 2.20. The molecule has 0 aliphatic carbocycles. The van der Waals surface area contributed by atoms with Crippen LogP contribution in [0.1, 0.15) is 26.2 Å². The summed E-state index contributed by atoms with van der Waals surface area (Å²) in [5, 5.41) is 0.947. The zero-order chi connectivity index (χ0) is 8.10. The fourth-order valence-electron chi connectivity index (χ4n) is 1.68. The number of likely N-dealkylation sites (tertiary alicyclic amines) is 1. The Labute approximate surface area is 74.5 Å². The third-order valence-corrected chi connectivity index (χ3v) is 3.55. The minimum absolute atomic E-state index is 0.947. The molecule has 0 amide bonds. The monoisotopic (exact) mass is 173 g/mol. The molecule has 0 radical (unpaired) electrons. The van der Waals surface area contributed by atoms with E-state index in [1.54, 1.807) is 0 Å². The van der Waals surface area contributed by atoms with Crippen molar-refractivity contribution in [2.45, 2.75) is 31.4 Å². The van der Waals surface area contributed by atoms with Crippen LogP contribution in [0.15, 0.2) is 0 Å². The SMILES string of the molecule is CCCN1CCC(SC)CC1. The van der Waals surface area contributed by atoms with Gasteiger partial charge >= 0.3 is 0 Å². The minimum atomic E-state index is 0.947. The first-order valence-electron chi connectivity index (χ1n) is 4.62. The highest BCUT2D eigenvalue weighted by atomic mass is 32.2. The van der Waals surface area contributed by atoms with E-state index in [4.69, 9.17) is 0 Å². The number of hydrogen-bond donors (Lipinski definition) is 0. The molecule has 1 rings (SSSR count). The van der Waals surface area contributed by atoms with Crippen LogP contribution in [0.25, 0.3) is 0 Å². The van der Waals surface area contributed by atoms with Crippen molar-refractivity contribution in [1.82, 2.24) is 4.90 Å². The third-order valence-electron chi connectivity index (χ3n) is 2.41. The molecule has 0 unspecified atom stereocenters. The summed E-state index contributed by atoms with van der Waals surface area (Å²) < 4.78 is 0. The van der Waals surface area contributed by atoms with Crippen LogP contribution in [-0.2, 0) is 0 Å². The number of nitrogens with zero attached hydrogens (tertiary/aromatic N) is 1. The normalized spacial score (nSPS) is 22.4. The lowest BCUT2D eigenvalue weighted by Gasteiger charge is -2.30. The standard InChI is InChI=1S/C9H19NS/c1-3-6-10-7-4-9(11-2)5-8-10/h9H,3-8H2,1-2H3. The van der Waals surface area contributed by atoms with Crippen LogP contribution in [0.4, 0.5) is 0 Å². The Kier molecular flexibility index (Phi) is 4.31. The van der Waals surface area contributed by atoms with Crippen LogP contribution in [-0.4, -0.2) is 36.0 Å². The van der Waals surface area contributed by atoms with Gasteiger partial charge in [0.05, 0.1) is 0 Å². The van der Waals surface area contributed by atoms with Crippen LogP contribution in [0.2, 0.25) is 0 Å². The molecule has 0 spiro atoms. The molecule has 0 aromatic carbocycles. The van der Waals surface area contributed by atoms with Crippen molar-refractivity contribution in [3.8, 4) is 0 Å². The molecular weight excluding hydrogens is 154 g/mol. The van der Waals surface area contributed by atoms with E-state index < -0.39 is 0 Å². The van der Waals surface area contributed by atoms with Gasteiger partial charge in [-0.25, -0.2) is 0 Å². The average molecular weight is 173 g/mol. The van der Waals surface area contributed by atoms with Gasteiger partial charge in [-0.05, 0) is 45.2 Å². The maximum atomic E-state index is 2.59. The number of rotatable bonds is 3. The smallest absolute Gasteiger partial charge is 0.00685 e. The second-order valence-corrected chi connectivity index (χ2v) is 4.41. The van der Waals surface area contributed by atoms with Crippen molar-refractivity contribution < 1.29 is 0 Å². The van der Waals surface area contributed by atoms with Crippen molar-refractivity contribution in [3.63, 3.8) is 0 Å². The molecule has 0 saturated carbocycles. The summed E-state index contributed by atoms with van der Waals surface area (Å²) >= 11 is 2.04. The van der Waals surface area contributed by atoms with Crippen molar-refractivity contribution in [3.05, 3.63) is 0 Å². The van der Waals surface area contributed by atoms with Crippen molar-refractivity contribution in [2.24, 2.45) is 0 Å². The van der Waals surface area contributed by atoms with Crippen LogP contribution < -0.4 is 0 Å². The molecule has 0 atom stereocenters. The Morgan fingerprint density at radius 1 is 1.36 bits per heavy atom. The van der Waals surface area contributed by atoms with E-state index >= 15 is 0 Å². The Bertz CT molecular complexity index is 97.7. The van der Waals surface area contributed by atoms with Crippen molar-refractivity contribution in [2.75, 3.05) is 25.9 Å². The summed E-state index contributed by atoms with van der Waals surface area (Å²) in [6.07, 6.45) is 6.35. The summed E-state index contributed by atoms with van der Waals surface area (Å²) in [5.74, 6) is 0. The fourth-order valence-corrected chi connectivity index (χ4v) is 2.37. The molecular formula is C9H19NS. The molecule has 1 saturated heterocycles. The number of thioether (sulfide) groups is 1. The van der Waals surface area contributed by atoms with E-state index in [0.717, 1.165) is 5.25 Å². The van der Waals surface area contributed by atoms with Gasteiger partial charge in [0, 0.05) is 5.25 Å². The van der Waals surface area contributed by atoms with E-state index in [9.17, 15) is 0 Å². The third kappa shape index (κ3) is 3.04. The minimum Gasteiger partial charge on any atom is -0.303 e. The second kappa shape index (κ2) is 5.04. The van der Waals surface area contributed by atoms with Gasteiger partial charge in [0.2, 0.25) is 0 Å². The summed E-state index contributed by atoms with van der Waals surface area (Å²) in [4.78, 5) is 2.59. The molecule has 0 aromatic heterocycles. The molecule has 0 bridgehead atoms. The van der Waals surface area contributed by atoms with Crippen LogP contribution in [0, 0.1) is 0 Å². The summed E-state index contributed by atoms with van der Waals surface area (Å²) in [6.45, 7) is 6.24. The van der Waals surface area contributed by atoms with E-state index in [0.29, 0.717) is 0 Å². The number of piperidine rings is 1. The van der Waals surface area contributed by atoms with Gasteiger partial charge in [0.1, 0.15) is 0 Å². The lowest BCUT2D eigenvalue weighted by atomic mass is 10.1. The fraction of sp³-hybridized carbons (Fsp3) is 1.00. The molecule has 1 nitrogen and oxygen atoms in total. The lowest BCUT2D eigenvalue weighted by molar-refractivity contribution is 0.233. The van der Waals surface area contributed by atoms with Gasteiger partial charge in [0.15, 0.2) is 0 Å². The first-order valence-corrected chi connectivity index (χ1v) is 5.90. The first kappa shape index (κ1) is 9.40. The molecule has 1 aliphatic rings. The largest absolute Gasteiger partial charge is 0.303 e. The van der Waals surface area contributed by atoms with Crippen molar-refractivity contribution in [1.29, 1.82) is 0 Å². The molecule has 1 aliphatic heterocycles. The second-order valence-electron chi connectivity index (χ2n) is 3.28. The molecule has 0 aromatic rings. The molecule has 11 heavy (non-hydrogen) atoms. The Morgan fingerprint density at radius 3 is 2.45 bits per heavy atom. The zero-order valence-corrected chi connectivity index (χ0v) is 8.49. The summed E-state index contributed by atoms with van der Waals surface area (Å²) in [5.41, 5.74) is 0. The first-order chi connectivity index (χ1) is 5.36. The molecule has 1 fully saturated rings. The maximum Gasteiger partial charge on any atom is 0.00685 e.